The molecular formula is C18H21N3O2. The average molecular weight is 311 g/mol. The molecule has 1 N–H and O–H groups in total. The Labute approximate surface area is 135 Å². The molecular weight excluding hydrogens is 290 g/mol. The first kappa shape index (κ1) is 15.5. The van der Waals surface area contributed by atoms with E-state index in [2.05, 4.69) is 10.3 Å². The third kappa shape index (κ3) is 2.67. The van der Waals surface area contributed by atoms with Crippen LogP contribution in [0, 0.1) is 13.8 Å². The Morgan fingerprint density at radius 1 is 1.30 bits per heavy atom. The summed E-state index contributed by atoms with van der Waals surface area (Å²) in [6, 6.07) is 5.84. The van der Waals surface area contributed by atoms with Crippen LogP contribution < -0.4 is 5.32 Å². The van der Waals surface area contributed by atoms with Crippen LogP contribution in [0.1, 0.15) is 35.3 Å². The zero-order valence-corrected chi connectivity index (χ0v) is 13.9. The van der Waals surface area contributed by atoms with E-state index in [4.69, 9.17) is 0 Å². The van der Waals surface area contributed by atoms with Gasteiger partial charge in [-0.25, -0.2) is 0 Å². The van der Waals surface area contributed by atoms with E-state index in [0.717, 1.165) is 16.5 Å². The van der Waals surface area contributed by atoms with Gasteiger partial charge in [-0.05, 0) is 57.0 Å². The molecule has 0 bridgehead atoms. The summed E-state index contributed by atoms with van der Waals surface area (Å²) in [5, 5.41) is 3.80. The maximum atomic E-state index is 13.1. The largest absolute Gasteiger partial charge is 0.352 e. The van der Waals surface area contributed by atoms with Gasteiger partial charge >= 0.3 is 0 Å². The van der Waals surface area contributed by atoms with Gasteiger partial charge < -0.3 is 10.2 Å². The number of carbonyl (C=O) groups excluding carboxylic acids is 2. The van der Waals surface area contributed by atoms with Gasteiger partial charge in [-0.1, -0.05) is 0 Å². The van der Waals surface area contributed by atoms with Gasteiger partial charge in [0, 0.05) is 18.1 Å². The zero-order valence-electron chi connectivity index (χ0n) is 13.9. The molecule has 23 heavy (non-hydrogen) atoms. The normalized spacial score (nSPS) is 17.2. The van der Waals surface area contributed by atoms with E-state index in [1.807, 2.05) is 45.9 Å². The highest BCUT2D eigenvalue weighted by atomic mass is 16.2. The third-order valence-electron chi connectivity index (χ3n) is 4.43. The zero-order chi connectivity index (χ0) is 16.8. The number of carbonyl (C=O) groups is 2. The first-order valence-electron chi connectivity index (χ1n) is 7.74. The molecule has 0 atom stereocenters. The van der Waals surface area contributed by atoms with Gasteiger partial charge in [0.25, 0.3) is 5.91 Å². The molecule has 5 nitrogen and oxygen atoms in total. The fourth-order valence-corrected chi connectivity index (χ4v) is 3.01. The van der Waals surface area contributed by atoms with E-state index in [1.54, 1.807) is 11.1 Å². The minimum atomic E-state index is -0.426. The van der Waals surface area contributed by atoms with E-state index >= 15 is 0 Å². The molecule has 3 rings (SSSR count). The molecule has 0 saturated carbocycles. The molecule has 2 amide bonds. The Kier molecular flexibility index (Phi) is 3.59. The van der Waals surface area contributed by atoms with Crippen LogP contribution in [0.25, 0.3) is 10.9 Å². The van der Waals surface area contributed by atoms with Gasteiger partial charge in [0.2, 0.25) is 5.91 Å². The number of hydrogen-bond donors (Lipinski definition) is 1. The highest BCUT2D eigenvalue weighted by Crippen LogP contribution is 2.26. The van der Waals surface area contributed by atoms with E-state index in [9.17, 15) is 9.59 Å². The van der Waals surface area contributed by atoms with Gasteiger partial charge in [-0.2, -0.15) is 0 Å². The lowest BCUT2D eigenvalue weighted by Gasteiger charge is -2.42. The number of nitrogens with zero attached hydrogens (tertiary/aromatic N) is 2. The van der Waals surface area contributed by atoms with Crippen molar-refractivity contribution in [3.05, 3.63) is 41.1 Å². The van der Waals surface area contributed by atoms with Crippen molar-refractivity contribution in [1.82, 2.24) is 15.2 Å². The fraction of sp³-hybridized carbons (Fsp3) is 0.389. The second-order valence-electron chi connectivity index (χ2n) is 6.82. The molecule has 0 unspecified atom stereocenters. The molecule has 1 aliphatic rings. The lowest BCUT2D eigenvalue weighted by atomic mass is 9.96. The third-order valence-corrected chi connectivity index (χ3v) is 4.43. The lowest BCUT2D eigenvalue weighted by Crippen LogP contribution is -2.62. The van der Waals surface area contributed by atoms with Crippen molar-refractivity contribution < 1.29 is 9.59 Å². The second kappa shape index (κ2) is 5.33. The van der Waals surface area contributed by atoms with E-state index < -0.39 is 5.54 Å². The molecule has 0 spiro atoms. The molecule has 1 aromatic heterocycles. The Bertz CT molecular complexity index is 811. The number of aryl methyl sites for hydroxylation is 2. The molecule has 1 fully saturated rings. The van der Waals surface area contributed by atoms with Crippen LogP contribution in [-0.2, 0) is 4.79 Å². The van der Waals surface area contributed by atoms with Crippen LogP contribution in [0.2, 0.25) is 0 Å². The lowest BCUT2D eigenvalue weighted by molar-refractivity contribution is -0.126. The standard InChI is InChI=1S/C18H21N3O2/c1-11-7-13-12(2)5-6-19-16(13)14(8-11)17(23)21-9-15(22)20-10-18(21,3)4/h5-8H,9-10H2,1-4H3,(H,20,22). The van der Waals surface area contributed by atoms with Crippen molar-refractivity contribution >= 4 is 22.7 Å². The summed E-state index contributed by atoms with van der Waals surface area (Å²) in [7, 11) is 0. The van der Waals surface area contributed by atoms with Gasteiger partial charge in [-0.3, -0.25) is 14.6 Å². The first-order chi connectivity index (χ1) is 10.8. The molecule has 2 aromatic rings. The monoisotopic (exact) mass is 311 g/mol. The predicted molar refractivity (Wildman–Crippen MR) is 89.3 cm³/mol. The molecule has 5 heteroatoms. The smallest absolute Gasteiger partial charge is 0.257 e. The van der Waals surface area contributed by atoms with Gasteiger partial charge in [-0.15, -0.1) is 0 Å². The molecule has 1 aromatic carbocycles. The summed E-state index contributed by atoms with van der Waals surface area (Å²) in [5.74, 6) is -0.268. The number of rotatable bonds is 1. The first-order valence-corrected chi connectivity index (χ1v) is 7.74. The van der Waals surface area contributed by atoms with Crippen molar-refractivity contribution in [2.24, 2.45) is 0 Å². The number of fused-ring (bicyclic) bond motifs is 1. The summed E-state index contributed by atoms with van der Waals surface area (Å²) in [6.45, 7) is 8.43. The molecule has 1 aliphatic heterocycles. The minimum Gasteiger partial charge on any atom is -0.352 e. The van der Waals surface area contributed by atoms with Crippen LogP contribution in [0.4, 0.5) is 0 Å². The number of pyridine rings is 1. The van der Waals surface area contributed by atoms with Crippen LogP contribution >= 0.6 is 0 Å². The number of aromatic nitrogens is 1. The van der Waals surface area contributed by atoms with Gasteiger partial charge in [0.1, 0.15) is 6.54 Å². The molecule has 0 radical (unpaired) electrons. The minimum absolute atomic E-state index is 0.0765. The predicted octanol–water partition coefficient (Wildman–Crippen LogP) is 2.20. The van der Waals surface area contributed by atoms with Crippen molar-refractivity contribution in [1.29, 1.82) is 0 Å². The quantitative estimate of drug-likeness (QED) is 0.878. The second-order valence-corrected chi connectivity index (χ2v) is 6.82. The molecule has 120 valence electrons. The Balaban J connectivity index is 2.14. The van der Waals surface area contributed by atoms with Crippen molar-refractivity contribution in [3.63, 3.8) is 0 Å². The SMILES string of the molecule is Cc1cc(C(=O)N2CC(=O)NCC2(C)C)c2nccc(C)c2c1. The van der Waals surface area contributed by atoms with Crippen LogP contribution in [0.3, 0.4) is 0 Å². The number of amides is 2. The molecule has 0 aliphatic carbocycles. The summed E-state index contributed by atoms with van der Waals surface area (Å²) in [6.07, 6.45) is 1.72. The Morgan fingerprint density at radius 3 is 2.78 bits per heavy atom. The van der Waals surface area contributed by atoms with Crippen molar-refractivity contribution in [2.45, 2.75) is 33.2 Å². The van der Waals surface area contributed by atoms with Crippen molar-refractivity contribution in [2.75, 3.05) is 13.1 Å². The average Bonchev–Trinajstić information content (AvgIpc) is 2.49. The van der Waals surface area contributed by atoms with E-state index in [-0.39, 0.29) is 18.4 Å². The Morgan fingerprint density at radius 2 is 2.04 bits per heavy atom. The highest BCUT2D eigenvalue weighted by molar-refractivity contribution is 6.07. The highest BCUT2D eigenvalue weighted by Gasteiger charge is 2.37. The summed E-state index contributed by atoms with van der Waals surface area (Å²) in [4.78, 5) is 31.0. The van der Waals surface area contributed by atoms with Crippen LogP contribution in [-0.4, -0.2) is 40.3 Å². The number of benzene rings is 1. The van der Waals surface area contributed by atoms with Gasteiger partial charge in [0.15, 0.2) is 0 Å². The maximum Gasteiger partial charge on any atom is 0.257 e. The van der Waals surface area contributed by atoms with Gasteiger partial charge in [0.05, 0.1) is 16.6 Å². The summed E-state index contributed by atoms with van der Waals surface area (Å²) < 4.78 is 0. The van der Waals surface area contributed by atoms with Crippen molar-refractivity contribution in [3.8, 4) is 0 Å². The summed E-state index contributed by atoms with van der Waals surface area (Å²) in [5.41, 5.74) is 2.93. The Hall–Kier alpha value is -2.43. The van der Waals surface area contributed by atoms with E-state index in [1.165, 1.54) is 0 Å². The van der Waals surface area contributed by atoms with Crippen LogP contribution in [0.5, 0.6) is 0 Å². The van der Waals surface area contributed by atoms with E-state index in [0.29, 0.717) is 17.6 Å². The van der Waals surface area contributed by atoms with Crippen LogP contribution in [0.15, 0.2) is 24.4 Å². The molecule has 1 saturated heterocycles. The summed E-state index contributed by atoms with van der Waals surface area (Å²) >= 11 is 0. The number of nitrogens with one attached hydrogen (secondary N) is 1. The fourth-order valence-electron chi connectivity index (χ4n) is 3.01. The molecule has 2 heterocycles. The number of hydrogen-bond acceptors (Lipinski definition) is 3. The maximum absolute atomic E-state index is 13.1. The number of piperazine rings is 1. The topological polar surface area (TPSA) is 62.3 Å².